The highest BCUT2D eigenvalue weighted by Crippen LogP contribution is 2.48. The molecule has 0 fully saturated rings. The Morgan fingerprint density at radius 3 is 1.66 bits per heavy atom. The molecule has 0 atom stereocenters. The van der Waals surface area contributed by atoms with Gasteiger partial charge in [-0.15, -0.1) is 0 Å². The van der Waals surface area contributed by atoms with Gasteiger partial charge >= 0.3 is 0 Å². The van der Waals surface area contributed by atoms with Gasteiger partial charge in [-0.2, -0.15) is 0 Å². The summed E-state index contributed by atoms with van der Waals surface area (Å²) < 4.78 is 6.12. The van der Waals surface area contributed by atoms with E-state index in [-0.39, 0.29) is 17.2 Å². The van der Waals surface area contributed by atoms with E-state index in [0.717, 1.165) is 16.7 Å². The quantitative estimate of drug-likeness (QED) is 0.320. The molecule has 4 rings (SSSR count). The number of nitrogens with zero attached hydrogens (tertiary/aromatic N) is 1. The highest BCUT2D eigenvalue weighted by Gasteiger charge is 2.23. The fourth-order valence-electron chi connectivity index (χ4n) is 3.58. The molecule has 3 N–H and O–H groups in total. The zero-order valence-corrected chi connectivity index (χ0v) is 18.2. The molecule has 5 nitrogen and oxygen atoms in total. The third-order valence-electron chi connectivity index (χ3n) is 5.19. The van der Waals surface area contributed by atoms with Crippen molar-refractivity contribution in [2.24, 2.45) is 0 Å². The summed E-state index contributed by atoms with van der Waals surface area (Å²) in [4.78, 5) is 1.74. The number of ether oxygens (including phenoxy) is 1. The molecule has 0 amide bonds. The predicted molar refractivity (Wildman–Crippen MR) is 127 cm³/mol. The number of para-hydroxylation sites is 2. The highest BCUT2D eigenvalue weighted by molar-refractivity contribution is 5.85. The zero-order valence-electron chi connectivity index (χ0n) is 18.2. The Morgan fingerprint density at radius 2 is 1.06 bits per heavy atom. The molecule has 0 saturated carbocycles. The first-order valence-electron chi connectivity index (χ1n) is 10.3. The second-order valence-electron chi connectivity index (χ2n) is 7.86. The van der Waals surface area contributed by atoms with E-state index in [9.17, 15) is 15.3 Å². The number of aromatic hydroxyl groups is 3. The van der Waals surface area contributed by atoms with Crippen LogP contribution in [0.1, 0.15) is 16.7 Å². The van der Waals surface area contributed by atoms with Gasteiger partial charge in [-0.25, -0.2) is 0 Å². The van der Waals surface area contributed by atoms with E-state index in [1.54, 1.807) is 53.4 Å². The molecule has 4 aromatic carbocycles. The molecule has 0 saturated heterocycles. The molecule has 0 aromatic heterocycles. The molecular weight excluding hydrogens is 402 g/mol. The Kier molecular flexibility index (Phi) is 5.65. The van der Waals surface area contributed by atoms with Crippen LogP contribution in [-0.2, 0) is 0 Å². The highest BCUT2D eigenvalue weighted by atomic mass is 16.5. The van der Waals surface area contributed by atoms with Crippen molar-refractivity contribution in [1.29, 1.82) is 0 Å². The molecule has 32 heavy (non-hydrogen) atoms. The van der Waals surface area contributed by atoms with Crippen molar-refractivity contribution in [3.63, 3.8) is 0 Å². The van der Waals surface area contributed by atoms with E-state index in [1.165, 1.54) is 0 Å². The van der Waals surface area contributed by atoms with Gasteiger partial charge in [0.1, 0.15) is 11.5 Å². The number of aryl methyl sites for hydroxylation is 3. The van der Waals surface area contributed by atoms with Crippen molar-refractivity contribution in [3.05, 3.63) is 95.6 Å². The van der Waals surface area contributed by atoms with Gasteiger partial charge in [0.25, 0.3) is 0 Å². The van der Waals surface area contributed by atoms with Crippen LogP contribution in [0.25, 0.3) is 0 Å². The van der Waals surface area contributed by atoms with Gasteiger partial charge in [0.15, 0.2) is 17.2 Å². The molecule has 0 bridgehead atoms. The molecule has 5 heteroatoms. The SMILES string of the molecule is Cc1ccc(N(c2ccc(C)cc2O)c2ccccc2Oc2cc(C)ccc2O)c(O)c1. The van der Waals surface area contributed by atoms with Gasteiger partial charge in [0, 0.05) is 0 Å². The molecule has 0 radical (unpaired) electrons. The normalized spacial score (nSPS) is 10.7. The lowest BCUT2D eigenvalue weighted by Crippen LogP contribution is -2.12. The predicted octanol–water partition coefficient (Wildman–Crippen LogP) is 6.99. The molecule has 0 aliphatic rings. The van der Waals surface area contributed by atoms with Crippen molar-refractivity contribution < 1.29 is 20.1 Å². The van der Waals surface area contributed by atoms with Crippen LogP contribution in [0.5, 0.6) is 28.7 Å². The minimum Gasteiger partial charge on any atom is -0.506 e. The van der Waals surface area contributed by atoms with Crippen LogP contribution in [0.3, 0.4) is 0 Å². The fourth-order valence-corrected chi connectivity index (χ4v) is 3.58. The van der Waals surface area contributed by atoms with Gasteiger partial charge in [-0.05, 0) is 86.0 Å². The van der Waals surface area contributed by atoms with E-state index in [0.29, 0.717) is 28.6 Å². The lowest BCUT2D eigenvalue weighted by molar-refractivity contribution is 0.411. The number of anilines is 3. The Bertz CT molecular complexity index is 1230. The van der Waals surface area contributed by atoms with Crippen LogP contribution >= 0.6 is 0 Å². The van der Waals surface area contributed by atoms with Gasteiger partial charge in [0.05, 0.1) is 17.1 Å². The lowest BCUT2D eigenvalue weighted by atomic mass is 10.1. The topological polar surface area (TPSA) is 73.2 Å². The Balaban J connectivity index is 1.92. The summed E-state index contributed by atoms with van der Waals surface area (Å²) in [7, 11) is 0. The number of benzene rings is 4. The Morgan fingerprint density at radius 1 is 0.531 bits per heavy atom. The number of phenols is 3. The van der Waals surface area contributed by atoms with Crippen LogP contribution in [0.2, 0.25) is 0 Å². The second kappa shape index (κ2) is 8.55. The second-order valence-corrected chi connectivity index (χ2v) is 7.86. The Labute approximate surface area is 187 Å². The number of hydrogen-bond donors (Lipinski definition) is 3. The van der Waals surface area contributed by atoms with E-state index in [2.05, 4.69) is 0 Å². The monoisotopic (exact) mass is 427 g/mol. The Hall–Kier alpha value is -4.12. The first kappa shape index (κ1) is 21.1. The average molecular weight is 428 g/mol. The van der Waals surface area contributed by atoms with Crippen LogP contribution in [-0.4, -0.2) is 15.3 Å². The van der Waals surface area contributed by atoms with E-state index >= 15 is 0 Å². The summed E-state index contributed by atoms with van der Waals surface area (Å²) in [5.74, 6) is 0.927. The van der Waals surface area contributed by atoms with Crippen molar-refractivity contribution >= 4 is 17.1 Å². The summed E-state index contributed by atoms with van der Waals surface area (Å²) in [6.45, 7) is 5.71. The number of phenolic OH excluding ortho intramolecular Hbond substituents is 3. The summed E-state index contributed by atoms with van der Waals surface area (Å²) in [6.07, 6.45) is 0. The molecule has 162 valence electrons. The molecule has 0 aliphatic carbocycles. The standard InChI is InChI=1S/C27H25NO4/c1-17-8-11-20(24(30)14-17)28(21-12-9-18(2)15-25(21)31)22-6-4-5-7-26(22)32-27-16-19(3)10-13-23(27)29/h4-16,29-31H,1-3H3. The van der Waals surface area contributed by atoms with E-state index < -0.39 is 0 Å². The van der Waals surface area contributed by atoms with Crippen LogP contribution in [0.15, 0.2) is 78.9 Å². The molecule has 0 spiro atoms. The largest absolute Gasteiger partial charge is 0.506 e. The van der Waals surface area contributed by atoms with Crippen LogP contribution in [0.4, 0.5) is 17.1 Å². The fraction of sp³-hybridized carbons (Fsp3) is 0.111. The molecular formula is C27H25NO4. The smallest absolute Gasteiger partial charge is 0.169 e. The van der Waals surface area contributed by atoms with E-state index in [1.807, 2.05) is 51.1 Å². The summed E-state index contributed by atoms with van der Waals surface area (Å²) in [5, 5.41) is 31.9. The first-order chi connectivity index (χ1) is 15.3. The lowest BCUT2D eigenvalue weighted by Gasteiger charge is -2.28. The van der Waals surface area contributed by atoms with Crippen LogP contribution < -0.4 is 9.64 Å². The maximum atomic E-state index is 10.8. The maximum absolute atomic E-state index is 10.8. The van der Waals surface area contributed by atoms with Crippen molar-refractivity contribution in [2.75, 3.05) is 4.90 Å². The molecule has 0 unspecified atom stereocenters. The number of rotatable bonds is 5. The van der Waals surface area contributed by atoms with Gasteiger partial charge in [-0.3, -0.25) is 4.90 Å². The van der Waals surface area contributed by atoms with Crippen molar-refractivity contribution in [3.8, 4) is 28.7 Å². The van der Waals surface area contributed by atoms with Crippen molar-refractivity contribution in [2.45, 2.75) is 20.8 Å². The van der Waals surface area contributed by atoms with Crippen molar-refractivity contribution in [1.82, 2.24) is 0 Å². The third-order valence-corrected chi connectivity index (χ3v) is 5.19. The zero-order chi connectivity index (χ0) is 22.8. The van der Waals surface area contributed by atoms with E-state index in [4.69, 9.17) is 4.74 Å². The van der Waals surface area contributed by atoms with Gasteiger partial charge in [-0.1, -0.05) is 30.3 Å². The molecule has 4 aromatic rings. The summed E-state index contributed by atoms with van der Waals surface area (Å²) in [6, 6.07) is 23.1. The molecule has 0 aliphatic heterocycles. The maximum Gasteiger partial charge on any atom is 0.169 e. The average Bonchev–Trinajstić information content (AvgIpc) is 2.74. The molecule has 0 heterocycles. The first-order valence-corrected chi connectivity index (χ1v) is 10.3. The summed E-state index contributed by atoms with van der Waals surface area (Å²) >= 11 is 0. The minimum atomic E-state index is 0.0216. The number of hydrogen-bond acceptors (Lipinski definition) is 5. The van der Waals surface area contributed by atoms with Gasteiger partial charge < -0.3 is 20.1 Å². The minimum absolute atomic E-state index is 0.0216. The summed E-state index contributed by atoms with van der Waals surface area (Å²) in [5.41, 5.74) is 4.33. The third kappa shape index (κ3) is 4.18. The van der Waals surface area contributed by atoms with Crippen LogP contribution in [0, 0.1) is 20.8 Å². The van der Waals surface area contributed by atoms with Gasteiger partial charge in [0.2, 0.25) is 0 Å².